The van der Waals surface area contributed by atoms with Crippen molar-refractivity contribution in [1.82, 2.24) is 9.55 Å². The highest BCUT2D eigenvalue weighted by Gasteiger charge is 2.11. The quantitative estimate of drug-likeness (QED) is 0.594. The molecular formula is C8H14N2S. The normalized spacial score (nSPS) is 13.7. The average molecular weight is 170 g/mol. The average Bonchev–Trinajstić information content (AvgIpc) is 2.51. The van der Waals surface area contributed by atoms with Gasteiger partial charge in [-0.05, 0) is 6.92 Å². The van der Waals surface area contributed by atoms with Crippen LogP contribution >= 0.6 is 11.8 Å². The van der Waals surface area contributed by atoms with E-state index >= 15 is 0 Å². The van der Waals surface area contributed by atoms with Crippen LogP contribution in [0.5, 0.6) is 0 Å². The molecule has 62 valence electrons. The lowest BCUT2D eigenvalue weighted by molar-refractivity contribution is 0.719. The van der Waals surface area contributed by atoms with Crippen LogP contribution in [0.2, 0.25) is 0 Å². The van der Waals surface area contributed by atoms with Gasteiger partial charge in [0.1, 0.15) is 0 Å². The maximum absolute atomic E-state index is 4.32. The van der Waals surface area contributed by atoms with Crippen molar-refractivity contribution in [3.8, 4) is 0 Å². The van der Waals surface area contributed by atoms with E-state index in [0.29, 0.717) is 0 Å². The van der Waals surface area contributed by atoms with Gasteiger partial charge in [-0.2, -0.15) is 0 Å². The Kier molecular flexibility index (Phi) is 3.00. The van der Waals surface area contributed by atoms with E-state index in [4.69, 9.17) is 0 Å². The Balaban J connectivity index is 0.000000281. The number of rotatable bonds is 0. The van der Waals surface area contributed by atoms with E-state index < -0.39 is 0 Å². The predicted molar refractivity (Wildman–Crippen MR) is 49.0 cm³/mol. The van der Waals surface area contributed by atoms with Crippen LogP contribution in [0.15, 0.2) is 11.4 Å². The first-order valence-electron chi connectivity index (χ1n) is 4.03. The highest BCUT2D eigenvalue weighted by atomic mass is 32.2. The second-order valence-corrected chi connectivity index (χ2v) is 3.27. The maximum Gasteiger partial charge on any atom is 0.168 e. The summed E-state index contributed by atoms with van der Waals surface area (Å²) >= 11 is 1.84. The maximum atomic E-state index is 4.32. The molecule has 1 aromatic heterocycles. The number of hydrogen-bond donors (Lipinski definition) is 0. The third-order valence-corrected chi connectivity index (χ3v) is 2.39. The zero-order valence-corrected chi connectivity index (χ0v) is 8.11. The number of hydrogen-bond acceptors (Lipinski definition) is 2. The van der Waals surface area contributed by atoms with Crippen molar-refractivity contribution in [2.75, 3.05) is 5.75 Å². The van der Waals surface area contributed by atoms with E-state index in [2.05, 4.69) is 15.7 Å². The molecule has 0 atom stereocenters. The Bertz CT molecular complexity index is 208. The van der Waals surface area contributed by atoms with Crippen LogP contribution in [0.4, 0.5) is 0 Å². The fourth-order valence-corrected chi connectivity index (χ4v) is 2.02. The van der Waals surface area contributed by atoms with E-state index in [0.717, 1.165) is 12.2 Å². The molecule has 0 amide bonds. The molecule has 0 radical (unpaired) electrons. The Hall–Kier alpha value is -0.440. The number of aromatic nitrogens is 2. The molecule has 0 aromatic carbocycles. The van der Waals surface area contributed by atoms with Crippen LogP contribution in [-0.2, 0) is 6.54 Å². The fourth-order valence-electron chi connectivity index (χ4n) is 1.04. The summed E-state index contributed by atoms with van der Waals surface area (Å²) in [6.45, 7) is 7.17. The summed E-state index contributed by atoms with van der Waals surface area (Å²) in [4.78, 5) is 4.32. The van der Waals surface area contributed by atoms with Gasteiger partial charge < -0.3 is 4.57 Å². The van der Waals surface area contributed by atoms with Gasteiger partial charge in [0, 0.05) is 18.5 Å². The van der Waals surface area contributed by atoms with Crippen LogP contribution in [0.25, 0.3) is 0 Å². The SMILES string of the molecule is CC.Cc1cn2c(n1)SCC2. The molecule has 2 rings (SSSR count). The van der Waals surface area contributed by atoms with Crippen LogP contribution in [0.1, 0.15) is 19.5 Å². The van der Waals surface area contributed by atoms with Gasteiger partial charge in [0.25, 0.3) is 0 Å². The minimum absolute atomic E-state index is 1.14. The van der Waals surface area contributed by atoms with Crippen LogP contribution in [-0.4, -0.2) is 15.3 Å². The lowest BCUT2D eigenvalue weighted by atomic mass is 10.6. The van der Waals surface area contributed by atoms with Crippen molar-refractivity contribution in [2.45, 2.75) is 32.5 Å². The van der Waals surface area contributed by atoms with E-state index in [1.54, 1.807) is 0 Å². The topological polar surface area (TPSA) is 17.8 Å². The van der Waals surface area contributed by atoms with Crippen LogP contribution in [0, 0.1) is 6.92 Å². The molecule has 0 spiro atoms. The zero-order chi connectivity index (χ0) is 8.27. The highest BCUT2D eigenvalue weighted by molar-refractivity contribution is 7.99. The van der Waals surface area contributed by atoms with Gasteiger partial charge in [0.2, 0.25) is 0 Å². The molecule has 1 aromatic rings. The van der Waals surface area contributed by atoms with Gasteiger partial charge in [0.05, 0.1) is 5.69 Å². The van der Waals surface area contributed by atoms with Crippen LogP contribution in [0.3, 0.4) is 0 Å². The molecular weight excluding hydrogens is 156 g/mol. The van der Waals surface area contributed by atoms with E-state index in [1.807, 2.05) is 32.5 Å². The molecule has 0 fully saturated rings. The third kappa shape index (κ3) is 1.77. The summed E-state index contributed by atoms with van der Waals surface area (Å²) in [6, 6.07) is 0. The summed E-state index contributed by atoms with van der Waals surface area (Å²) in [5.41, 5.74) is 1.14. The van der Waals surface area contributed by atoms with Crippen molar-refractivity contribution in [2.24, 2.45) is 0 Å². The summed E-state index contributed by atoms with van der Waals surface area (Å²) in [6.07, 6.45) is 2.11. The fraction of sp³-hybridized carbons (Fsp3) is 0.625. The first-order valence-corrected chi connectivity index (χ1v) is 5.01. The van der Waals surface area contributed by atoms with Gasteiger partial charge in [-0.3, -0.25) is 0 Å². The van der Waals surface area contributed by atoms with Crippen molar-refractivity contribution >= 4 is 11.8 Å². The van der Waals surface area contributed by atoms with E-state index in [9.17, 15) is 0 Å². The molecule has 0 N–H and O–H groups in total. The van der Waals surface area contributed by atoms with Gasteiger partial charge in [-0.1, -0.05) is 25.6 Å². The molecule has 0 aliphatic carbocycles. The smallest absolute Gasteiger partial charge is 0.168 e. The van der Waals surface area contributed by atoms with Gasteiger partial charge in [-0.15, -0.1) is 0 Å². The van der Waals surface area contributed by atoms with Crippen LogP contribution < -0.4 is 0 Å². The molecule has 3 heteroatoms. The molecule has 1 aliphatic heterocycles. The van der Waals surface area contributed by atoms with Gasteiger partial charge in [-0.25, -0.2) is 4.98 Å². The van der Waals surface area contributed by atoms with Crippen molar-refractivity contribution < 1.29 is 0 Å². The Morgan fingerprint density at radius 1 is 1.55 bits per heavy atom. The zero-order valence-electron chi connectivity index (χ0n) is 7.29. The summed E-state index contributed by atoms with van der Waals surface area (Å²) in [7, 11) is 0. The number of imidazole rings is 1. The molecule has 0 unspecified atom stereocenters. The van der Waals surface area contributed by atoms with Gasteiger partial charge in [0.15, 0.2) is 5.16 Å². The molecule has 2 heterocycles. The van der Waals surface area contributed by atoms with E-state index in [1.165, 1.54) is 10.9 Å². The van der Waals surface area contributed by atoms with Gasteiger partial charge >= 0.3 is 0 Å². The number of thioether (sulfide) groups is 1. The lowest BCUT2D eigenvalue weighted by Gasteiger charge is -1.86. The monoisotopic (exact) mass is 170 g/mol. The largest absolute Gasteiger partial charge is 0.325 e. The second kappa shape index (κ2) is 3.81. The summed E-state index contributed by atoms with van der Waals surface area (Å²) in [5, 5.41) is 1.19. The Labute approximate surface area is 72.0 Å². The highest BCUT2D eigenvalue weighted by Crippen LogP contribution is 2.23. The molecule has 2 nitrogen and oxygen atoms in total. The van der Waals surface area contributed by atoms with Crippen molar-refractivity contribution in [3.05, 3.63) is 11.9 Å². The molecule has 11 heavy (non-hydrogen) atoms. The van der Waals surface area contributed by atoms with Crippen molar-refractivity contribution in [3.63, 3.8) is 0 Å². The van der Waals surface area contributed by atoms with Crippen molar-refractivity contribution in [1.29, 1.82) is 0 Å². The standard InChI is InChI=1S/C6H8N2S.C2H6/c1-5-4-8-2-3-9-6(8)7-5;1-2/h4H,2-3H2,1H3;1-2H3. The first kappa shape index (κ1) is 8.65. The predicted octanol–water partition coefficient (Wildman–Crippen LogP) is 2.32. The minimum atomic E-state index is 1.14. The Morgan fingerprint density at radius 3 is 2.91 bits per heavy atom. The third-order valence-electron chi connectivity index (χ3n) is 1.42. The number of aryl methyl sites for hydroxylation is 2. The minimum Gasteiger partial charge on any atom is -0.325 e. The molecule has 1 aliphatic rings. The molecule has 0 bridgehead atoms. The van der Waals surface area contributed by atoms with E-state index in [-0.39, 0.29) is 0 Å². The molecule has 0 saturated carbocycles. The Morgan fingerprint density at radius 2 is 2.27 bits per heavy atom. The summed E-state index contributed by atoms with van der Waals surface area (Å²) in [5.74, 6) is 1.20. The first-order chi connectivity index (χ1) is 5.36. The lowest BCUT2D eigenvalue weighted by Crippen LogP contribution is -1.88. The number of fused-ring (bicyclic) bond motifs is 1. The second-order valence-electron chi connectivity index (χ2n) is 2.21. The summed E-state index contributed by atoms with van der Waals surface area (Å²) < 4.78 is 2.21. The molecule has 0 saturated heterocycles. The number of nitrogens with zero attached hydrogens (tertiary/aromatic N) is 2.